The van der Waals surface area contributed by atoms with Crippen LogP contribution in [0.5, 0.6) is 0 Å². The number of alkyl carbamates (subject to hydrolysis) is 1. The molecule has 1 fully saturated rings. The number of aromatic nitrogens is 1. The summed E-state index contributed by atoms with van der Waals surface area (Å²) in [6.07, 6.45) is 2.58. The molecule has 0 bridgehead atoms. The molecule has 4 amide bonds. The van der Waals surface area contributed by atoms with Crippen molar-refractivity contribution in [3.8, 4) is 0 Å². The fourth-order valence-corrected chi connectivity index (χ4v) is 5.01. The number of hydrogen-bond donors (Lipinski definition) is 4. The van der Waals surface area contributed by atoms with Crippen LogP contribution in [0.2, 0.25) is 0 Å². The third kappa shape index (κ3) is 7.19. The maximum Gasteiger partial charge on any atom is 0.408 e. The van der Waals surface area contributed by atoms with Gasteiger partial charge in [0.15, 0.2) is 0 Å². The number of hydrogen-bond acceptors (Lipinski definition) is 5. The van der Waals surface area contributed by atoms with Gasteiger partial charge in [-0.05, 0) is 50.8 Å². The zero-order valence-electron chi connectivity index (χ0n) is 23.1. The summed E-state index contributed by atoms with van der Waals surface area (Å²) < 4.78 is 5.44. The van der Waals surface area contributed by atoms with Crippen LogP contribution in [0.3, 0.4) is 0 Å². The lowest BCUT2D eigenvalue weighted by atomic mass is 10.0. The Hall–Kier alpha value is -4.34. The third-order valence-electron chi connectivity index (χ3n) is 6.87. The highest BCUT2D eigenvalue weighted by Crippen LogP contribution is 2.23. The molecule has 212 valence electrons. The van der Waals surface area contributed by atoms with Gasteiger partial charge in [0.1, 0.15) is 23.7 Å². The topological polar surface area (TPSA) is 147 Å². The summed E-state index contributed by atoms with van der Waals surface area (Å²) in [5.41, 5.74) is 7.46. The highest BCUT2D eigenvalue weighted by atomic mass is 16.6. The summed E-state index contributed by atoms with van der Waals surface area (Å²) in [4.78, 5) is 56.9. The van der Waals surface area contributed by atoms with E-state index in [-0.39, 0.29) is 12.8 Å². The number of likely N-dealkylation sites (tertiary alicyclic amines) is 1. The van der Waals surface area contributed by atoms with E-state index in [0.717, 1.165) is 22.0 Å². The smallest absolute Gasteiger partial charge is 0.408 e. The number of amides is 4. The molecular weight excluding hydrogens is 510 g/mol. The fourth-order valence-electron chi connectivity index (χ4n) is 5.01. The summed E-state index contributed by atoms with van der Waals surface area (Å²) in [6, 6.07) is 14.3. The van der Waals surface area contributed by atoms with Crippen LogP contribution in [0.1, 0.15) is 44.7 Å². The number of fused-ring (bicyclic) bond motifs is 1. The molecule has 0 radical (unpaired) electrons. The van der Waals surface area contributed by atoms with Crippen molar-refractivity contribution in [1.82, 2.24) is 20.5 Å². The second kappa shape index (κ2) is 12.2. The van der Waals surface area contributed by atoms with Gasteiger partial charge in [0.25, 0.3) is 0 Å². The highest BCUT2D eigenvalue weighted by molar-refractivity contribution is 5.94. The van der Waals surface area contributed by atoms with Crippen molar-refractivity contribution in [3.05, 3.63) is 71.9 Å². The lowest BCUT2D eigenvalue weighted by Crippen LogP contribution is -2.57. The number of benzene rings is 2. The van der Waals surface area contributed by atoms with Gasteiger partial charge in [-0.1, -0.05) is 48.5 Å². The van der Waals surface area contributed by atoms with E-state index in [4.69, 9.17) is 10.5 Å². The van der Waals surface area contributed by atoms with E-state index in [9.17, 15) is 19.2 Å². The van der Waals surface area contributed by atoms with Gasteiger partial charge in [-0.3, -0.25) is 14.4 Å². The first-order valence-electron chi connectivity index (χ1n) is 13.5. The Morgan fingerprint density at radius 3 is 2.40 bits per heavy atom. The lowest BCUT2D eigenvalue weighted by molar-refractivity contribution is -0.140. The standard InChI is InChI=1S/C30H37N5O5/c1-30(2,3)40-29(39)34-24(17-20-18-32-22-13-8-7-12-21(20)22)28(38)35-15-9-14-25(35)27(37)33-23(26(31)36)16-19-10-5-4-6-11-19/h4-8,10-13,18,23-25,32H,9,14-17H2,1-3H3,(H2,31,36)(H,33,37)(H,34,39)/t23-,24+,25-/m0/s1. The number of para-hydroxylation sites is 1. The van der Waals surface area contributed by atoms with Gasteiger partial charge in [-0.2, -0.15) is 0 Å². The number of carbonyl (C=O) groups excluding carboxylic acids is 4. The minimum atomic E-state index is -0.973. The molecule has 40 heavy (non-hydrogen) atoms. The maximum absolute atomic E-state index is 13.9. The molecule has 1 aromatic heterocycles. The Kier molecular flexibility index (Phi) is 8.77. The number of rotatable bonds is 9. The second-order valence-electron chi connectivity index (χ2n) is 11.1. The number of primary amides is 1. The molecule has 5 N–H and O–H groups in total. The summed E-state index contributed by atoms with van der Waals surface area (Å²) in [6.45, 7) is 5.58. The fraction of sp³-hybridized carbons (Fsp3) is 0.400. The molecule has 3 aromatic rings. The van der Waals surface area contributed by atoms with E-state index in [0.29, 0.717) is 19.4 Å². The first-order valence-corrected chi connectivity index (χ1v) is 13.5. The van der Waals surface area contributed by atoms with Crippen molar-refractivity contribution in [2.24, 2.45) is 5.73 Å². The summed E-state index contributed by atoms with van der Waals surface area (Å²) >= 11 is 0. The largest absolute Gasteiger partial charge is 0.444 e. The molecular formula is C30H37N5O5. The molecule has 3 atom stereocenters. The van der Waals surface area contributed by atoms with Gasteiger partial charge in [0.05, 0.1) is 0 Å². The first-order chi connectivity index (χ1) is 19.0. The minimum Gasteiger partial charge on any atom is -0.444 e. The summed E-state index contributed by atoms with van der Waals surface area (Å²) in [5.74, 6) is -1.50. The van der Waals surface area contributed by atoms with Crippen LogP contribution >= 0.6 is 0 Å². The molecule has 0 saturated carbocycles. The molecule has 2 aromatic carbocycles. The van der Waals surface area contributed by atoms with E-state index >= 15 is 0 Å². The number of ether oxygens (including phenoxy) is 1. The Labute approximate surface area is 233 Å². The first kappa shape index (κ1) is 28.7. The Morgan fingerprint density at radius 1 is 1.00 bits per heavy atom. The molecule has 1 saturated heterocycles. The van der Waals surface area contributed by atoms with Crippen LogP contribution in [0.15, 0.2) is 60.8 Å². The quantitative estimate of drug-likeness (QED) is 0.325. The lowest BCUT2D eigenvalue weighted by Gasteiger charge is -2.30. The SMILES string of the molecule is CC(C)(C)OC(=O)N[C@H](Cc1c[nH]c2ccccc12)C(=O)N1CCC[C@H]1C(=O)N[C@@H](Cc1ccccc1)C(N)=O. The van der Waals surface area contributed by atoms with Crippen LogP contribution in [0.25, 0.3) is 10.9 Å². The van der Waals surface area contributed by atoms with Crippen LogP contribution in [-0.4, -0.2) is 64.0 Å². The van der Waals surface area contributed by atoms with E-state index in [1.54, 1.807) is 20.8 Å². The Bertz CT molecular complexity index is 1360. The number of carbonyl (C=O) groups is 4. The molecule has 2 heterocycles. The molecule has 0 unspecified atom stereocenters. The number of nitrogens with zero attached hydrogens (tertiary/aromatic N) is 1. The third-order valence-corrected chi connectivity index (χ3v) is 6.87. The zero-order valence-corrected chi connectivity index (χ0v) is 23.1. The predicted octanol–water partition coefficient (Wildman–Crippen LogP) is 2.81. The average molecular weight is 548 g/mol. The normalized spacial score (nSPS) is 16.8. The van der Waals surface area contributed by atoms with Gasteiger partial charge in [-0.25, -0.2) is 4.79 Å². The predicted molar refractivity (Wildman–Crippen MR) is 151 cm³/mol. The van der Waals surface area contributed by atoms with Gasteiger partial charge < -0.3 is 31.0 Å². The van der Waals surface area contributed by atoms with Crippen LogP contribution in [-0.2, 0) is 32.0 Å². The molecule has 0 aliphatic carbocycles. The maximum atomic E-state index is 13.9. The molecule has 10 heteroatoms. The van der Waals surface area contributed by atoms with Crippen molar-refractivity contribution >= 4 is 34.7 Å². The van der Waals surface area contributed by atoms with Crippen LogP contribution in [0, 0.1) is 0 Å². The zero-order chi connectivity index (χ0) is 28.9. The number of nitrogens with one attached hydrogen (secondary N) is 3. The average Bonchev–Trinajstić information content (AvgIpc) is 3.55. The number of H-pyrrole nitrogens is 1. The second-order valence-corrected chi connectivity index (χ2v) is 11.1. The van der Waals surface area contributed by atoms with Crippen LogP contribution < -0.4 is 16.4 Å². The number of aromatic amines is 1. The number of nitrogens with two attached hydrogens (primary N) is 1. The molecule has 0 spiro atoms. The molecule has 10 nitrogen and oxygen atoms in total. The van der Waals surface area contributed by atoms with E-state index in [1.807, 2.05) is 60.8 Å². The van der Waals surface area contributed by atoms with E-state index in [2.05, 4.69) is 15.6 Å². The van der Waals surface area contributed by atoms with Crippen molar-refractivity contribution in [3.63, 3.8) is 0 Å². The van der Waals surface area contributed by atoms with E-state index in [1.165, 1.54) is 4.90 Å². The van der Waals surface area contributed by atoms with Crippen molar-refractivity contribution < 1.29 is 23.9 Å². The minimum absolute atomic E-state index is 0.199. The molecule has 1 aliphatic heterocycles. The van der Waals surface area contributed by atoms with Crippen molar-refractivity contribution in [1.29, 1.82) is 0 Å². The van der Waals surface area contributed by atoms with E-state index < -0.39 is 47.5 Å². The summed E-state index contributed by atoms with van der Waals surface area (Å²) in [5, 5.41) is 6.42. The van der Waals surface area contributed by atoms with Crippen molar-refractivity contribution in [2.75, 3.05) is 6.54 Å². The van der Waals surface area contributed by atoms with Gasteiger partial charge in [0.2, 0.25) is 17.7 Å². The molecule has 4 rings (SSSR count). The monoisotopic (exact) mass is 547 g/mol. The Morgan fingerprint density at radius 2 is 1.70 bits per heavy atom. The molecule has 1 aliphatic rings. The Balaban J connectivity index is 1.53. The van der Waals surface area contributed by atoms with Crippen molar-refractivity contribution in [2.45, 2.75) is 70.2 Å². The van der Waals surface area contributed by atoms with Crippen LogP contribution in [0.4, 0.5) is 4.79 Å². The van der Waals surface area contributed by atoms with Gasteiger partial charge in [0, 0.05) is 36.5 Å². The highest BCUT2D eigenvalue weighted by Gasteiger charge is 2.39. The van der Waals surface area contributed by atoms with Gasteiger partial charge >= 0.3 is 6.09 Å². The summed E-state index contributed by atoms with van der Waals surface area (Å²) in [7, 11) is 0. The van der Waals surface area contributed by atoms with Gasteiger partial charge in [-0.15, -0.1) is 0 Å².